The molecule has 0 radical (unpaired) electrons. The highest BCUT2D eigenvalue weighted by Crippen LogP contribution is 2.19. The van der Waals surface area contributed by atoms with E-state index < -0.39 is 0 Å². The van der Waals surface area contributed by atoms with Gasteiger partial charge in [0.15, 0.2) is 0 Å². The zero-order chi connectivity index (χ0) is 11.5. The van der Waals surface area contributed by atoms with Crippen LogP contribution in [-0.4, -0.2) is 36.5 Å². The maximum Gasteiger partial charge on any atom is 0.239 e. The average Bonchev–Trinajstić information content (AvgIpc) is 2.15. The number of piperazine rings is 1. The third-order valence-corrected chi connectivity index (χ3v) is 2.92. The number of carbonyl (C=O) groups is 1. The minimum atomic E-state index is 0.0544. The smallest absolute Gasteiger partial charge is 0.239 e. The van der Waals surface area contributed by atoms with Crippen LogP contribution in [0, 0.1) is 5.41 Å². The maximum absolute atomic E-state index is 11.9. The fourth-order valence-corrected chi connectivity index (χ4v) is 1.80. The third kappa shape index (κ3) is 3.82. The van der Waals surface area contributed by atoms with Crippen molar-refractivity contribution in [3.05, 3.63) is 0 Å². The van der Waals surface area contributed by atoms with Crippen LogP contribution in [0.3, 0.4) is 0 Å². The highest BCUT2D eigenvalue weighted by molar-refractivity contribution is 5.82. The molecule has 15 heavy (non-hydrogen) atoms. The standard InChI is InChI=1S/C12H24N2O/c1-5-10-11(15)14(9-7-13-10)8-6-12(2,3)4/h10,13H,5-9H2,1-4H3. The fraction of sp³-hybridized carbons (Fsp3) is 0.917. The Hall–Kier alpha value is -0.570. The number of nitrogens with zero attached hydrogens (tertiary/aromatic N) is 1. The monoisotopic (exact) mass is 212 g/mol. The summed E-state index contributed by atoms with van der Waals surface area (Å²) in [6.07, 6.45) is 1.97. The second-order valence-corrected chi connectivity index (χ2v) is 5.55. The number of amides is 1. The highest BCUT2D eigenvalue weighted by Gasteiger charge is 2.27. The van der Waals surface area contributed by atoms with Crippen LogP contribution in [0.4, 0.5) is 0 Å². The van der Waals surface area contributed by atoms with Gasteiger partial charge in [0.2, 0.25) is 5.91 Å². The third-order valence-electron chi connectivity index (χ3n) is 2.92. The zero-order valence-electron chi connectivity index (χ0n) is 10.5. The summed E-state index contributed by atoms with van der Waals surface area (Å²) in [6.45, 7) is 11.4. The largest absolute Gasteiger partial charge is 0.340 e. The molecule has 0 aromatic heterocycles. The van der Waals surface area contributed by atoms with Gasteiger partial charge in [0.25, 0.3) is 0 Å². The first-order valence-corrected chi connectivity index (χ1v) is 5.96. The maximum atomic E-state index is 11.9. The fourth-order valence-electron chi connectivity index (χ4n) is 1.80. The van der Waals surface area contributed by atoms with E-state index in [9.17, 15) is 4.79 Å². The molecule has 1 atom stereocenters. The number of carbonyl (C=O) groups excluding carboxylic acids is 1. The normalized spacial score (nSPS) is 23.3. The van der Waals surface area contributed by atoms with Gasteiger partial charge in [-0.15, -0.1) is 0 Å². The van der Waals surface area contributed by atoms with Gasteiger partial charge in [0, 0.05) is 19.6 Å². The minimum Gasteiger partial charge on any atom is -0.340 e. The second kappa shape index (κ2) is 4.97. The lowest BCUT2D eigenvalue weighted by Crippen LogP contribution is -2.55. The van der Waals surface area contributed by atoms with Crippen LogP contribution in [0.15, 0.2) is 0 Å². The van der Waals surface area contributed by atoms with Crippen molar-refractivity contribution in [2.75, 3.05) is 19.6 Å². The molecule has 0 aromatic rings. The van der Waals surface area contributed by atoms with Gasteiger partial charge in [-0.3, -0.25) is 4.79 Å². The highest BCUT2D eigenvalue weighted by atomic mass is 16.2. The molecule has 0 spiro atoms. The molecule has 3 nitrogen and oxygen atoms in total. The van der Waals surface area contributed by atoms with E-state index in [2.05, 4.69) is 33.0 Å². The van der Waals surface area contributed by atoms with Crippen molar-refractivity contribution >= 4 is 5.91 Å². The van der Waals surface area contributed by atoms with Crippen LogP contribution in [0.1, 0.15) is 40.5 Å². The molecule has 1 N–H and O–H groups in total. The van der Waals surface area contributed by atoms with Gasteiger partial charge in [-0.25, -0.2) is 0 Å². The van der Waals surface area contributed by atoms with Gasteiger partial charge in [0.05, 0.1) is 6.04 Å². The van der Waals surface area contributed by atoms with E-state index in [-0.39, 0.29) is 11.9 Å². The van der Waals surface area contributed by atoms with Crippen molar-refractivity contribution in [1.29, 1.82) is 0 Å². The Bertz CT molecular complexity index is 220. The molecule has 1 aliphatic rings. The Kier molecular flexibility index (Phi) is 4.14. The van der Waals surface area contributed by atoms with E-state index in [4.69, 9.17) is 0 Å². The van der Waals surface area contributed by atoms with Crippen LogP contribution in [0.25, 0.3) is 0 Å². The molecule has 1 unspecified atom stereocenters. The van der Waals surface area contributed by atoms with Crippen LogP contribution >= 0.6 is 0 Å². The van der Waals surface area contributed by atoms with E-state index in [1.54, 1.807) is 0 Å². The lowest BCUT2D eigenvalue weighted by atomic mass is 9.92. The van der Waals surface area contributed by atoms with E-state index >= 15 is 0 Å². The molecule has 0 saturated carbocycles. The molecule has 88 valence electrons. The van der Waals surface area contributed by atoms with Crippen molar-refractivity contribution in [2.45, 2.75) is 46.6 Å². The van der Waals surface area contributed by atoms with Crippen LogP contribution in [0.5, 0.6) is 0 Å². The zero-order valence-corrected chi connectivity index (χ0v) is 10.5. The van der Waals surface area contributed by atoms with Gasteiger partial charge in [-0.1, -0.05) is 27.7 Å². The Morgan fingerprint density at radius 1 is 1.47 bits per heavy atom. The van der Waals surface area contributed by atoms with Crippen LogP contribution in [-0.2, 0) is 4.79 Å². The second-order valence-electron chi connectivity index (χ2n) is 5.55. The molecule has 1 saturated heterocycles. The molecule has 0 bridgehead atoms. The summed E-state index contributed by atoms with van der Waals surface area (Å²) in [5.41, 5.74) is 0.312. The molecule has 1 aliphatic heterocycles. The summed E-state index contributed by atoms with van der Waals surface area (Å²) in [4.78, 5) is 13.9. The first-order valence-electron chi connectivity index (χ1n) is 5.96. The first kappa shape index (κ1) is 12.5. The molecule has 0 aliphatic carbocycles. The van der Waals surface area contributed by atoms with Crippen molar-refractivity contribution in [3.63, 3.8) is 0 Å². The predicted molar refractivity (Wildman–Crippen MR) is 62.7 cm³/mol. The number of rotatable bonds is 3. The quantitative estimate of drug-likeness (QED) is 0.771. The molecule has 1 fully saturated rings. The summed E-state index contributed by atoms with van der Waals surface area (Å²) < 4.78 is 0. The van der Waals surface area contributed by atoms with Gasteiger partial charge in [0.1, 0.15) is 0 Å². The van der Waals surface area contributed by atoms with Crippen LogP contribution < -0.4 is 5.32 Å². The minimum absolute atomic E-state index is 0.0544. The molecule has 1 rings (SSSR count). The molecule has 1 amide bonds. The SMILES string of the molecule is CCC1NCCN(CCC(C)(C)C)C1=O. The number of nitrogens with one attached hydrogen (secondary N) is 1. The lowest BCUT2D eigenvalue weighted by Gasteiger charge is -2.34. The molecular formula is C12H24N2O. The van der Waals surface area contributed by atoms with Crippen molar-refractivity contribution in [1.82, 2.24) is 10.2 Å². The first-order chi connectivity index (χ1) is 6.94. The van der Waals surface area contributed by atoms with Crippen LogP contribution in [0.2, 0.25) is 0 Å². The summed E-state index contributed by atoms with van der Waals surface area (Å²) in [6, 6.07) is 0.0544. The van der Waals surface area contributed by atoms with Crippen molar-refractivity contribution in [3.8, 4) is 0 Å². The molecule has 1 heterocycles. The summed E-state index contributed by atoms with van der Waals surface area (Å²) in [5.74, 6) is 0.285. The Morgan fingerprint density at radius 2 is 2.13 bits per heavy atom. The van der Waals surface area contributed by atoms with Gasteiger partial charge in [-0.2, -0.15) is 0 Å². The number of hydrogen-bond acceptors (Lipinski definition) is 2. The Morgan fingerprint density at radius 3 is 2.67 bits per heavy atom. The predicted octanol–water partition coefficient (Wildman–Crippen LogP) is 1.63. The number of hydrogen-bond donors (Lipinski definition) is 1. The van der Waals surface area contributed by atoms with Gasteiger partial charge < -0.3 is 10.2 Å². The van der Waals surface area contributed by atoms with Crippen molar-refractivity contribution < 1.29 is 4.79 Å². The van der Waals surface area contributed by atoms with E-state index in [0.717, 1.165) is 32.5 Å². The van der Waals surface area contributed by atoms with Crippen molar-refractivity contribution in [2.24, 2.45) is 5.41 Å². The van der Waals surface area contributed by atoms with E-state index in [1.165, 1.54) is 0 Å². The molecule has 0 aromatic carbocycles. The molecular weight excluding hydrogens is 188 g/mol. The lowest BCUT2D eigenvalue weighted by molar-refractivity contribution is -0.136. The van der Waals surface area contributed by atoms with E-state index in [0.29, 0.717) is 5.41 Å². The Labute approximate surface area is 93.2 Å². The summed E-state index contributed by atoms with van der Waals surface area (Å²) in [7, 11) is 0. The van der Waals surface area contributed by atoms with Gasteiger partial charge >= 0.3 is 0 Å². The van der Waals surface area contributed by atoms with Gasteiger partial charge in [-0.05, 0) is 18.3 Å². The Balaban J connectivity index is 2.44. The molecule has 3 heteroatoms. The van der Waals surface area contributed by atoms with E-state index in [1.807, 2.05) is 4.90 Å². The summed E-state index contributed by atoms with van der Waals surface area (Å²) >= 11 is 0. The topological polar surface area (TPSA) is 32.3 Å². The summed E-state index contributed by atoms with van der Waals surface area (Å²) in [5, 5.41) is 3.25. The average molecular weight is 212 g/mol.